The van der Waals surface area contributed by atoms with Crippen LogP contribution in [0.5, 0.6) is 0 Å². The van der Waals surface area contributed by atoms with Crippen LogP contribution in [0, 0.1) is 0 Å². The molecular formula is C14H21N3. The van der Waals surface area contributed by atoms with E-state index in [-0.39, 0.29) is 0 Å². The number of para-hydroxylation sites is 2. The van der Waals surface area contributed by atoms with Gasteiger partial charge in [-0.1, -0.05) is 26.0 Å². The summed E-state index contributed by atoms with van der Waals surface area (Å²) in [7, 11) is 0. The van der Waals surface area contributed by atoms with Crippen molar-refractivity contribution >= 4 is 11.0 Å². The predicted octanol–water partition coefficient (Wildman–Crippen LogP) is 2.81. The minimum atomic E-state index is 0.643. The van der Waals surface area contributed by atoms with E-state index in [4.69, 9.17) is 0 Å². The van der Waals surface area contributed by atoms with E-state index < -0.39 is 0 Å². The summed E-state index contributed by atoms with van der Waals surface area (Å²) in [6, 6.07) is 8.92. The highest BCUT2D eigenvalue weighted by Gasteiger charge is 2.03. The van der Waals surface area contributed by atoms with Crippen LogP contribution >= 0.6 is 0 Å². The van der Waals surface area contributed by atoms with Gasteiger partial charge in [-0.25, -0.2) is 4.98 Å². The second-order valence-corrected chi connectivity index (χ2v) is 4.39. The average molecular weight is 231 g/mol. The number of hydrogen-bond donors (Lipinski definition) is 1. The lowest BCUT2D eigenvalue weighted by atomic mass is 10.2. The number of rotatable bonds is 6. The molecule has 0 aliphatic heterocycles. The summed E-state index contributed by atoms with van der Waals surface area (Å²) in [4.78, 5) is 4.39. The van der Waals surface area contributed by atoms with Crippen molar-refractivity contribution in [3.63, 3.8) is 0 Å². The number of hydrogen-bond acceptors (Lipinski definition) is 2. The lowest BCUT2D eigenvalue weighted by molar-refractivity contribution is 0.468. The van der Waals surface area contributed by atoms with Crippen molar-refractivity contribution in [2.75, 3.05) is 6.54 Å². The van der Waals surface area contributed by atoms with Crippen LogP contribution in [0.2, 0.25) is 0 Å². The van der Waals surface area contributed by atoms with E-state index in [0.717, 1.165) is 18.6 Å². The predicted molar refractivity (Wildman–Crippen MR) is 72.1 cm³/mol. The molecule has 2 aromatic rings. The van der Waals surface area contributed by atoms with E-state index in [0.29, 0.717) is 6.04 Å². The summed E-state index contributed by atoms with van der Waals surface area (Å²) in [6.07, 6.45) is 4.32. The van der Waals surface area contributed by atoms with Crippen LogP contribution in [-0.2, 0) is 6.54 Å². The molecule has 17 heavy (non-hydrogen) atoms. The minimum Gasteiger partial charge on any atom is -0.329 e. The maximum atomic E-state index is 4.39. The summed E-state index contributed by atoms with van der Waals surface area (Å²) in [5, 5.41) is 3.57. The molecule has 0 aliphatic rings. The van der Waals surface area contributed by atoms with Gasteiger partial charge in [-0.05, 0) is 25.0 Å². The standard InChI is InChI=1S/C14H21N3/c1-3-12(4-2)15-9-10-17-11-16-13-7-5-6-8-14(13)17/h5-8,11-12,15H,3-4,9-10H2,1-2H3. The Bertz CT molecular complexity index is 457. The fourth-order valence-electron chi connectivity index (χ4n) is 2.15. The van der Waals surface area contributed by atoms with E-state index in [2.05, 4.69) is 46.9 Å². The van der Waals surface area contributed by atoms with Gasteiger partial charge in [-0.15, -0.1) is 0 Å². The zero-order valence-electron chi connectivity index (χ0n) is 10.7. The number of nitrogens with zero attached hydrogens (tertiary/aromatic N) is 2. The first-order chi connectivity index (χ1) is 8.35. The molecular weight excluding hydrogens is 210 g/mol. The van der Waals surface area contributed by atoms with Gasteiger partial charge in [0.15, 0.2) is 0 Å². The van der Waals surface area contributed by atoms with Gasteiger partial charge in [-0.3, -0.25) is 0 Å². The molecule has 0 aliphatic carbocycles. The van der Waals surface area contributed by atoms with Gasteiger partial charge in [0.1, 0.15) is 0 Å². The molecule has 1 aromatic carbocycles. The quantitative estimate of drug-likeness (QED) is 0.828. The van der Waals surface area contributed by atoms with Gasteiger partial charge in [0, 0.05) is 19.1 Å². The zero-order chi connectivity index (χ0) is 12.1. The van der Waals surface area contributed by atoms with Gasteiger partial charge >= 0.3 is 0 Å². The second-order valence-electron chi connectivity index (χ2n) is 4.39. The van der Waals surface area contributed by atoms with E-state index in [1.54, 1.807) is 0 Å². The fourth-order valence-corrected chi connectivity index (χ4v) is 2.15. The van der Waals surface area contributed by atoms with Crippen LogP contribution in [0.4, 0.5) is 0 Å². The van der Waals surface area contributed by atoms with E-state index in [9.17, 15) is 0 Å². The molecule has 3 heteroatoms. The third-order valence-corrected chi connectivity index (χ3v) is 3.30. The Hall–Kier alpha value is -1.35. The van der Waals surface area contributed by atoms with Crippen LogP contribution in [0.3, 0.4) is 0 Å². The van der Waals surface area contributed by atoms with E-state index in [1.165, 1.54) is 18.4 Å². The molecule has 0 bridgehead atoms. The molecule has 92 valence electrons. The van der Waals surface area contributed by atoms with Crippen LogP contribution in [-0.4, -0.2) is 22.1 Å². The molecule has 1 N–H and O–H groups in total. The van der Waals surface area contributed by atoms with Gasteiger partial charge < -0.3 is 9.88 Å². The maximum Gasteiger partial charge on any atom is 0.0958 e. The molecule has 0 spiro atoms. The van der Waals surface area contributed by atoms with Gasteiger partial charge in [0.05, 0.1) is 17.4 Å². The molecule has 0 saturated carbocycles. The van der Waals surface area contributed by atoms with Crippen molar-refractivity contribution in [2.45, 2.75) is 39.3 Å². The van der Waals surface area contributed by atoms with Crippen LogP contribution in [0.25, 0.3) is 11.0 Å². The summed E-state index contributed by atoms with van der Waals surface area (Å²) in [5.41, 5.74) is 2.30. The first-order valence-corrected chi connectivity index (χ1v) is 6.48. The van der Waals surface area contributed by atoms with Crippen LogP contribution in [0.15, 0.2) is 30.6 Å². The van der Waals surface area contributed by atoms with Crippen molar-refractivity contribution in [3.05, 3.63) is 30.6 Å². The van der Waals surface area contributed by atoms with E-state index in [1.807, 2.05) is 12.4 Å². The molecule has 0 atom stereocenters. The topological polar surface area (TPSA) is 29.9 Å². The minimum absolute atomic E-state index is 0.643. The monoisotopic (exact) mass is 231 g/mol. The second kappa shape index (κ2) is 5.82. The summed E-state index contributed by atoms with van der Waals surface area (Å²) >= 11 is 0. The van der Waals surface area contributed by atoms with Crippen molar-refractivity contribution < 1.29 is 0 Å². The van der Waals surface area contributed by atoms with Crippen LogP contribution in [0.1, 0.15) is 26.7 Å². The van der Waals surface area contributed by atoms with Crippen LogP contribution < -0.4 is 5.32 Å². The summed E-state index contributed by atoms with van der Waals surface area (Å²) < 4.78 is 2.21. The Morgan fingerprint density at radius 2 is 2.00 bits per heavy atom. The smallest absolute Gasteiger partial charge is 0.0958 e. The number of imidazole rings is 1. The maximum absolute atomic E-state index is 4.39. The Labute approximate surface area is 103 Å². The Kier molecular flexibility index (Phi) is 4.15. The molecule has 1 aromatic heterocycles. The van der Waals surface area contributed by atoms with E-state index >= 15 is 0 Å². The molecule has 0 amide bonds. The Morgan fingerprint density at radius 3 is 2.76 bits per heavy atom. The molecule has 3 nitrogen and oxygen atoms in total. The lowest BCUT2D eigenvalue weighted by Gasteiger charge is -2.14. The van der Waals surface area contributed by atoms with Gasteiger partial charge in [0.2, 0.25) is 0 Å². The molecule has 0 unspecified atom stereocenters. The molecule has 2 rings (SSSR count). The number of fused-ring (bicyclic) bond motifs is 1. The van der Waals surface area contributed by atoms with Crippen molar-refractivity contribution in [2.24, 2.45) is 0 Å². The first-order valence-electron chi connectivity index (χ1n) is 6.48. The summed E-state index contributed by atoms with van der Waals surface area (Å²) in [5.74, 6) is 0. The Morgan fingerprint density at radius 1 is 1.24 bits per heavy atom. The SMILES string of the molecule is CCC(CC)NCCn1cnc2ccccc21. The normalized spacial score (nSPS) is 11.5. The highest BCUT2D eigenvalue weighted by atomic mass is 15.1. The molecule has 0 fully saturated rings. The third kappa shape index (κ3) is 2.86. The fraction of sp³-hybridized carbons (Fsp3) is 0.500. The largest absolute Gasteiger partial charge is 0.329 e. The Balaban J connectivity index is 1.95. The number of benzene rings is 1. The average Bonchev–Trinajstić information content (AvgIpc) is 2.78. The van der Waals surface area contributed by atoms with Crippen molar-refractivity contribution in [3.8, 4) is 0 Å². The molecule has 0 saturated heterocycles. The number of nitrogens with one attached hydrogen (secondary N) is 1. The van der Waals surface area contributed by atoms with Crippen molar-refractivity contribution in [1.82, 2.24) is 14.9 Å². The summed E-state index contributed by atoms with van der Waals surface area (Å²) in [6.45, 7) is 6.45. The molecule has 1 heterocycles. The molecule has 0 radical (unpaired) electrons. The van der Waals surface area contributed by atoms with Gasteiger partial charge in [-0.2, -0.15) is 0 Å². The first kappa shape index (κ1) is 12.1. The van der Waals surface area contributed by atoms with Crippen molar-refractivity contribution in [1.29, 1.82) is 0 Å². The number of aromatic nitrogens is 2. The zero-order valence-corrected chi connectivity index (χ0v) is 10.7. The highest BCUT2D eigenvalue weighted by Crippen LogP contribution is 2.11. The van der Waals surface area contributed by atoms with Gasteiger partial charge in [0.25, 0.3) is 0 Å². The third-order valence-electron chi connectivity index (χ3n) is 3.30. The lowest BCUT2D eigenvalue weighted by Crippen LogP contribution is -2.30. The highest BCUT2D eigenvalue weighted by molar-refractivity contribution is 5.74.